The van der Waals surface area contributed by atoms with E-state index in [1.54, 1.807) is 0 Å². The van der Waals surface area contributed by atoms with E-state index in [1.165, 1.54) is 25.7 Å². The van der Waals surface area contributed by atoms with E-state index in [9.17, 15) is 4.79 Å². The maximum Gasteiger partial charge on any atom is 0.223 e. The Morgan fingerprint density at radius 3 is 2.55 bits per heavy atom. The molecule has 2 heterocycles. The van der Waals surface area contributed by atoms with Gasteiger partial charge in [-0.15, -0.1) is 12.4 Å². The third-order valence-corrected chi connectivity index (χ3v) is 5.06. The Labute approximate surface area is 127 Å². The van der Waals surface area contributed by atoms with Crippen LogP contribution in [0.25, 0.3) is 0 Å². The van der Waals surface area contributed by atoms with Gasteiger partial charge in [0.05, 0.1) is 5.60 Å². The van der Waals surface area contributed by atoms with Crippen LogP contribution in [-0.4, -0.2) is 37.2 Å². The van der Waals surface area contributed by atoms with Crippen molar-refractivity contribution in [3.8, 4) is 0 Å². The van der Waals surface area contributed by atoms with Crippen molar-refractivity contribution in [2.45, 2.75) is 63.0 Å². The Kier molecular flexibility index (Phi) is 5.70. The minimum Gasteiger partial charge on any atom is -0.375 e. The van der Waals surface area contributed by atoms with Gasteiger partial charge in [-0.05, 0) is 51.6 Å². The zero-order valence-corrected chi connectivity index (χ0v) is 13.0. The second kappa shape index (κ2) is 7.10. The summed E-state index contributed by atoms with van der Waals surface area (Å²) in [5.41, 5.74) is 0.102. The van der Waals surface area contributed by atoms with Crippen molar-refractivity contribution in [3.05, 3.63) is 0 Å². The number of piperidine rings is 1. The predicted octanol–water partition coefficient (Wildman–Crippen LogP) is 2.02. The standard InChI is InChI=1S/C15H26N2O2.ClH/c18-14(12-3-8-16-9-4-12)17-13-5-10-19-15(11-13)6-1-2-7-15;/h12-13,16H,1-11H2,(H,17,18);1H. The van der Waals surface area contributed by atoms with E-state index in [-0.39, 0.29) is 29.8 Å². The summed E-state index contributed by atoms with van der Waals surface area (Å²) in [6.45, 7) is 2.78. The van der Waals surface area contributed by atoms with Gasteiger partial charge >= 0.3 is 0 Å². The van der Waals surface area contributed by atoms with Crippen LogP contribution in [0.1, 0.15) is 51.4 Å². The molecular weight excluding hydrogens is 276 g/mol. The zero-order chi connectivity index (χ0) is 13.1. The zero-order valence-electron chi connectivity index (χ0n) is 12.2. The topological polar surface area (TPSA) is 50.4 Å². The van der Waals surface area contributed by atoms with Crippen molar-refractivity contribution in [3.63, 3.8) is 0 Å². The number of nitrogens with one attached hydrogen (secondary N) is 2. The van der Waals surface area contributed by atoms with Crippen LogP contribution in [0.4, 0.5) is 0 Å². The molecule has 3 fully saturated rings. The number of ether oxygens (including phenoxy) is 1. The molecule has 1 atom stereocenters. The molecule has 0 aromatic heterocycles. The number of hydrogen-bond donors (Lipinski definition) is 2. The number of amides is 1. The first-order chi connectivity index (χ1) is 9.27. The smallest absolute Gasteiger partial charge is 0.223 e. The van der Waals surface area contributed by atoms with E-state index >= 15 is 0 Å². The molecular formula is C15H27ClN2O2. The summed E-state index contributed by atoms with van der Waals surface area (Å²) in [7, 11) is 0. The summed E-state index contributed by atoms with van der Waals surface area (Å²) in [5.74, 6) is 0.505. The molecule has 1 amide bonds. The molecule has 3 aliphatic rings. The number of halogens is 1. The normalized spacial score (nSPS) is 29.9. The Morgan fingerprint density at radius 1 is 1.15 bits per heavy atom. The van der Waals surface area contributed by atoms with Gasteiger partial charge in [0, 0.05) is 18.6 Å². The Balaban J connectivity index is 0.00000147. The molecule has 2 N–H and O–H groups in total. The minimum absolute atomic E-state index is 0. The maximum absolute atomic E-state index is 12.3. The van der Waals surface area contributed by atoms with Gasteiger partial charge in [-0.2, -0.15) is 0 Å². The van der Waals surface area contributed by atoms with Gasteiger partial charge in [0.2, 0.25) is 5.91 Å². The summed E-state index contributed by atoms with van der Waals surface area (Å²) in [6, 6.07) is 0.342. The van der Waals surface area contributed by atoms with Crippen LogP contribution in [0.15, 0.2) is 0 Å². The van der Waals surface area contributed by atoms with Gasteiger partial charge in [-0.25, -0.2) is 0 Å². The van der Waals surface area contributed by atoms with E-state index in [2.05, 4.69) is 10.6 Å². The van der Waals surface area contributed by atoms with E-state index in [0.717, 1.165) is 45.4 Å². The molecule has 20 heavy (non-hydrogen) atoms. The second-order valence-corrected chi connectivity index (χ2v) is 6.46. The van der Waals surface area contributed by atoms with Crippen molar-refractivity contribution in [1.82, 2.24) is 10.6 Å². The lowest BCUT2D eigenvalue weighted by Crippen LogP contribution is -2.49. The van der Waals surface area contributed by atoms with Crippen LogP contribution in [0, 0.1) is 5.92 Å². The van der Waals surface area contributed by atoms with Crippen molar-refractivity contribution < 1.29 is 9.53 Å². The Morgan fingerprint density at radius 2 is 1.85 bits per heavy atom. The average molecular weight is 303 g/mol. The van der Waals surface area contributed by atoms with Crippen LogP contribution in [0.3, 0.4) is 0 Å². The fraction of sp³-hybridized carbons (Fsp3) is 0.933. The molecule has 0 aromatic carbocycles. The lowest BCUT2D eigenvalue weighted by Gasteiger charge is -2.39. The molecule has 116 valence electrons. The van der Waals surface area contributed by atoms with Crippen molar-refractivity contribution >= 4 is 18.3 Å². The summed E-state index contributed by atoms with van der Waals surface area (Å²) in [5, 5.41) is 6.61. The fourth-order valence-corrected chi connectivity index (χ4v) is 3.92. The second-order valence-electron chi connectivity index (χ2n) is 6.46. The molecule has 1 spiro atoms. The predicted molar refractivity (Wildman–Crippen MR) is 81.2 cm³/mol. The van der Waals surface area contributed by atoms with Crippen molar-refractivity contribution in [2.75, 3.05) is 19.7 Å². The van der Waals surface area contributed by atoms with Crippen molar-refractivity contribution in [2.24, 2.45) is 5.92 Å². The molecule has 1 saturated carbocycles. The van der Waals surface area contributed by atoms with Crippen LogP contribution in [0.2, 0.25) is 0 Å². The average Bonchev–Trinajstić information content (AvgIpc) is 2.88. The van der Waals surface area contributed by atoms with Gasteiger partial charge in [-0.1, -0.05) is 12.8 Å². The highest BCUT2D eigenvalue weighted by Crippen LogP contribution is 2.40. The van der Waals surface area contributed by atoms with Crippen LogP contribution >= 0.6 is 12.4 Å². The number of carbonyl (C=O) groups excluding carboxylic acids is 1. The third kappa shape index (κ3) is 3.66. The fourth-order valence-electron chi connectivity index (χ4n) is 3.92. The van der Waals surface area contributed by atoms with Crippen LogP contribution < -0.4 is 10.6 Å². The molecule has 1 unspecified atom stereocenters. The molecule has 0 bridgehead atoms. The van der Waals surface area contributed by atoms with Crippen LogP contribution in [0.5, 0.6) is 0 Å². The Bertz CT molecular complexity index is 326. The highest BCUT2D eigenvalue weighted by atomic mass is 35.5. The molecule has 1 aliphatic carbocycles. The molecule has 2 saturated heterocycles. The number of hydrogen-bond acceptors (Lipinski definition) is 3. The molecule has 4 nitrogen and oxygen atoms in total. The molecule has 5 heteroatoms. The molecule has 0 radical (unpaired) electrons. The summed E-state index contributed by atoms with van der Waals surface area (Å²) in [4.78, 5) is 12.3. The van der Waals surface area contributed by atoms with E-state index < -0.39 is 0 Å². The first-order valence-corrected chi connectivity index (χ1v) is 7.93. The SMILES string of the molecule is Cl.O=C(NC1CCOC2(CCCC2)C1)C1CCNCC1. The Hall–Kier alpha value is -0.320. The number of carbonyl (C=O) groups is 1. The molecule has 2 aliphatic heterocycles. The lowest BCUT2D eigenvalue weighted by molar-refractivity contribution is -0.129. The summed E-state index contributed by atoms with van der Waals surface area (Å²) in [6.07, 6.45) is 8.94. The van der Waals surface area contributed by atoms with E-state index in [1.807, 2.05) is 0 Å². The largest absolute Gasteiger partial charge is 0.375 e. The minimum atomic E-state index is 0. The lowest BCUT2D eigenvalue weighted by atomic mass is 9.88. The van der Waals surface area contributed by atoms with E-state index in [4.69, 9.17) is 4.74 Å². The first-order valence-electron chi connectivity index (χ1n) is 7.93. The van der Waals surface area contributed by atoms with Gasteiger partial charge in [0.15, 0.2) is 0 Å². The van der Waals surface area contributed by atoms with Crippen molar-refractivity contribution in [1.29, 1.82) is 0 Å². The summed E-state index contributed by atoms with van der Waals surface area (Å²) >= 11 is 0. The monoisotopic (exact) mass is 302 g/mol. The first kappa shape index (κ1) is 16.1. The van der Waals surface area contributed by atoms with E-state index in [0.29, 0.717) is 6.04 Å². The molecule has 0 aromatic rings. The highest BCUT2D eigenvalue weighted by molar-refractivity contribution is 5.85. The van der Waals surface area contributed by atoms with Gasteiger partial charge < -0.3 is 15.4 Å². The number of rotatable bonds is 2. The maximum atomic E-state index is 12.3. The highest BCUT2D eigenvalue weighted by Gasteiger charge is 2.40. The quantitative estimate of drug-likeness (QED) is 0.820. The van der Waals surface area contributed by atoms with Gasteiger partial charge in [0.25, 0.3) is 0 Å². The van der Waals surface area contributed by atoms with Gasteiger partial charge in [-0.3, -0.25) is 4.79 Å². The van der Waals surface area contributed by atoms with Crippen LogP contribution in [-0.2, 0) is 9.53 Å². The molecule has 3 rings (SSSR count). The third-order valence-electron chi connectivity index (χ3n) is 5.06. The summed E-state index contributed by atoms with van der Waals surface area (Å²) < 4.78 is 6.02. The van der Waals surface area contributed by atoms with Gasteiger partial charge in [0.1, 0.15) is 0 Å².